The molecule has 0 saturated carbocycles. The lowest BCUT2D eigenvalue weighted by molar-refractivity contribution is -0.113. The zero-order valence-electron chi connectivity index (χ0n) is 17.2. The van der Waals surface area contributed by atoms with Crippen LogP contribution in [0.2, 0.25) is 5.02 Å². The third kappa shape index (κ3) is 8.04. The van der Waals surface area contributed by atoms with Gasteiger partial charge in [0.25, 0.3) is 0 Å². The SMILES string of the molecule is C=CCN(C)CCCCOCCC1CCN(C(C=O)c2ccc(Cl)cc2)CC1. The molecule has 0 bridgehead atoms. The van der Waals surface area contributed by atoms with Crippen molar-refractivity contribution >= 4 is 17.9 Å². The van der Waals surface area contributed by atoms with Crippen molar-refractivity contribution in [2.75, 3.05) is 46.4 Å². The van der Waals surface area contributed by atoms with E-state index in [1.54, 1.807) is 0 Å². The van der Waals surface area contributed by atoms with Gasteiger partial charge in [0.05, 0.1) is 6.04 Å². The Bertz CT molecular complexity index is 570. The third-order valence-corrected chi connectivity index (χ3v) is 5.82. The molecule has 5 heteroatoms. The van der Waals surface area contributed by atoms with Gasteiger partial charge in [0.1, 0.15) is 6.29 Å². The van der Waals surface area contributed by atoms with Crippen molar-refractivity contribution < 1.29 is 9.53 Å². The number of carbonyl (C=O) groups excluding carboxylic acids is 1. The van der Waals surface area contributed by atoms with Crippen molar-refractivity contribution in [1.82, 2.24) is 9.80 Å². The molecular formula is C23H35ClN2O2. The van der Waals surface area contributed by atoms with E-state index in [1.165, 1.54) is 6.42 Å². The van der Waals surface area contributed by atoms with E-state index in [0.717, 1.165) is 76.9 Å². The number of carbonyl (C=O) groups is 1. The van der Waals surface area contributed by atoms with Crippen molar-refractivity contribution in [2.45, 2.75) is 38.1 Å². The molecule has 0 spiro atoms. The second-order valence-corrected chi connectivity index (χ2v) is 8.21. The first-order valence-electron chi connectivity index (χ1n) is 10.5. The van der Waals surface area contributed by atoms with Gasteiger partial charge in [-0.05, 0) is 82.4 Å². The third-order valence-electron chi connectivity index (χ3n) is 5.57. The molecule has 1 aromatic rings. The monoisotopic (exact) mass is 406 g/mol. The summed E-state index contributed by atoms with van der Waals surface area (Å²) in [5, 5.41) is 0.705. The number of likely N-dealkylation sites (N-methyl/N-ethyl adjacent to an activating group) is 1. The highest BCUT2D eigenvalue weighted by atomic mass is 35.5. The summed E-state index contributed by atoms with van der Waals surface area (Å²) >= 11 is 5.96. The zero-order valence-corrected chi connectivity index (χ0v) is 17.9. The van der Waals surface area contributed by atoms with Crippen LogP contribution in [0.1, 0.15) is 43.7 Å². The van der Waals surface area contributed by atoms with Gasteiger partial charge in [0, 0.05) is 24.8 Å². The molecule has 2 rings (SSSR count). The van der Waals surface area contributed by atoms with Crippen LogP contribution in [-0.4, -0.2) is 62.5 Å². The molecule has 0 aromatic heterocycles. The van der Waals surface area contributed by atoms with E-state index in [4.69, 9.17) is 16.3 Å². The standard InChI is InChI=1S/C23H35ClN2O2/c1-3-13-25(2)14-4-5-17-28-18-12-20-10-15-26(16-11-20)23(19-27)21-6-8-22(24)9-7-21/h3,6-9,19-20,23H,1,4-5,10-18H2,2H3. The minimum Gasteiger partial charge on any atom is -0.381 e. The molecule has 1 aliphatic heterocycles. The molecule has 0 amide bonds. The lowest BCUT2D eigenvalue weighted by atomic mass is 9.92. The normalized spacial score (nSPS) is 17.0. The predicted molar refractivity (Wildman–Crippen MR) is 117 cm³/mol. The molecule has 28 heavy (non-hydrogen) atoms. The number of nitrogens with zero attached hydrogens (tertiary/aromatic N) is 2. The van der Waals surface area contributed by atoms with E-state index >= 15 is 0 Å². The van der Waals surface area contributed by atoms with Gasteiger partial charge in [-0.25, -0.2) is 0 Å². The molecule has 1 saturated heterocycles. The van der Waals surface area contributed by atoms with Crippen LogP contribution >= 0.6 is 11.6 Å². The zero-order chi connectivity index (χ0) is 20.2. The maximum Gasteiger partial charge on any atom is 0.141 e. The van der Waals surface area contributed by atoms with Crippen LogP contribution in [0.25, 0.3) is 0 Å². The van der Waals surface area contributed by atoms with E-state index in [9.17, 15) is 4.79 Å². The first-order chi connectivity index (χ1) is 13.6. The van der Waals surface area contributed by atoms with Crippen molar-refractivity contribution in [3.05, 3.63) is 47.5 Å². The van der Waals surface area contributed by atoms with Gasteiger partial charge in [-0.2, -0.15) is 0 Å². The topological polar surface area (TPSA) is 32.8 Å². The second-order valence-electron chi connectivity index (χ2n) is 7.77. The van der Waals surface area contributed by atoms with Crippen LogP contribution < -0.4 is 0 Å². The molecule has 4 nitrogen and oxygen atoms in total. The number of hydrogen-bond acceptors (Lipinski definition) is 4. The first-order valence-corrected chi connectivity index (χ1v) is 10.8. The number of ether oxygens (including phenoxy) is 1. The maximum absolute atomic E-state index is 11.6. The summed E-state index contributed by atoms with van der Waals surface area (Å²) in [6.07, 6.45) is 8.66. The predicted octanol–water partition coefficient (Wildman–Crippen LogP) is 4.60. The molecule has 1 aromatic carbocycles. The molecule has 1 atom stereocenters. The van der Waals surface area contributed by atoms with E-state index in [1.807, 2.05) is 30.3 Å². The van der Waals surface area contributed by atoms with Gasteiger partial charge >= 0.3 is 0 Å². The smallest absolute Gasteiger partial charge is 0.141 e. The number of rotatable bonds is 13. The quantitative estimate of drug-likeness (QED) is 0.272. The Morgan fingerprint density at radius 1 is 1.25 bits per heavy atom. The fraction of sp³-hybridized carbons (Fsp3) is 0.609. The summed E-state index contributed by atoms with van der Waals surface area (Å²) in [6, 6.07) is 7.46. The minimum absolute atomic E-state index is 0.159. The lowest BCUT2D eigenvalue weighted by Gasteiger charge is -2.35. The molecule has 1 fully saturated rings. The average molecular weight is 407 g/mol. The number of hydrogen-bond donors (Lipinski definition) is 0. The molecule has 0 aliphatic carbocycles. The van der Waals surface area contributed by atoms with E-state index in [0.29, 0.717) is 10.9 Å². The van der Waals surface area contributed by atoms with Gasteiger partial charge in [-0.1, -0.05) is 29.8 Å². The Labute approximate surface area is 175 Å². The van der Waals surface area contributed by atoms with Gasteiger partial charge < -0.3 is 14.4 Å². The van der Waals surface area contributed by atoms with Crippen LogP contribution in [-0.2, 0) is 9.53 Å². The molecular weight excluding hydrogens is 372 g/mol. The first kappa shape index (κ1) is 23.1. The highest BCUT2D eigenvalue weighted by Crippen LogP contribution is 2.28. The van der Waals surface area contributed by atoms with E-state index < -0.39 is 0 Å². The fourth-order valence-corrected chi connectivity index (χ4v) is 3.93. The van der Waals surface area contributed by atoms with Crippen LogP contribution in [0, 0.1) is 5.92 Å². The summed E-state index contributed by atoms with van der Waals surface area (Å²) in [4.78, 5) is 16.2. The van der Waals surface area contributed by atoms with Crippen LogP contribution in [0.15, 0.2) is 36.9 Å². The van der Waals surface area contributed by atoms with Gasteiger partial charge in [-0.3, -0.25) is 4.90 Å². The van der Waals surface area contributed by atoms with Crippen molar-refractivity contribution in [2.24, 2.45) is 5.92 Å². The second kappa shape index (κ2) is 13.1. The number of benzene rings is 1. The van der Waals surface area contributed by atoms with Crippen LogP contribution in [0.5, 0.6) is 0 Å². The average Bonchev–Trinajstić information content (AvgIpc) is 2.70. The number of piperidine rings is 1. The summed E-state index contributed by atoms with van der Waals surface area (Å²) in [5.74, 6) is 0.701. The highest BCUT2D eigenvalue weighted by Gasteiger charge is 2.25. The van der Waals surface area contributed by atoms with Gasteiger partial charge in [0.15, 0.2) is 0 Å². The lowest BCUT2D eigenvalue weighted by Crippen LogP contribution is -2.37. The molecule has 1 aliphatic rings. The van der Waals surface area contributed by atoms with E-state index in [-0.39, 0.29) is 6.04 Å². The number of likely N-dealkylation sites (tertiary alicyclic amines) is 1. The minimum atomic E-state index is -0.159. The van der Waals surface area contributed by atoms with Crippen LogP contribution in [0.3, 0.4) is 0 Å². The number of halogens is 1. The largest absolute Gasteiger partial charge is 0.381 e. The number of unbranched alkanes of at least 4 members (excludes halogenated alkanes) is 1. The summed E-state index contributed by atoms with van der Waals surface area (Å²) < 4.78 is 5.83. The van der Waals surface area contributed by atoms with Gasteiger partial charge in [-0.15, -0.1) is 6.58 Å². The molecule has 0 N–H and O–H groups in total. The summed E-state index contributed by atoms with van der Waals surface area (Å²) in [6.45, 7) is 9.43. The van der Waals surface area contributed by atoms with E-state index in [2.05, 4.69) is 23.4 Å². The summed E-state index contributed by atoms with van der Waals surface area (Å²) in [7, 11) is 2.12. The van der Waals surface area contributed by atoms with Gasteiger partial charge in [0.2, 0.25) is 0 Å². The molecule has 1 heterocycles. The Morgan fingerprint density at radius 3 is 2.61 bits per heavy atom. The highest BCUT2D eigenvalue weighted by molar-refractivity contribution is 6.30. The van der Waals surface area contributed by atoms with Crippen molar-refractivity contribution in [1.29, 1.82) is 0 Å². The maximum atomic E-state index is 11.6. The molecule has 0 radical (unpaired) electrons. The Hall–Kier alpha value is -1.20. The van der Waals surface area contributed by atoms with Crippen molar-refractivity contribution in [3.8, 4) is 0 Å². The summed E-state index contributed by atoms with van der Waals surface area (Å²) in [5.41, 5.74) is 1.03. The Balaban J connectivity index is 1.58. The Kier molecular flexibility index (Phi) is 10.8. The van der Waals surface area contributed by atoms with Crippen molar-refractivity contribution in [3.63, 3.8) is 0 Å². The molecule has 1 unspecified atom stereocenters. The molecule has 156 valence electrons. The Morgan fingerprint density at radius 2 is 1.96 bits per heavy atom. The number of aldehydes is 1. The van der Waals surface area contributed by atoms with Crippen LogP contribution in [0.4, 0.5) is 0 Å². The fourth-order valence-electron chi connectivity index (χ4n) is 3.80.